The van der Waals surface area contributed by atoms with E-state index >= 15 is 0 Å². The van der Waals surface area contributed by atoms with Crippen molar-refractivity contribution < 1.29 is 4.52 Å². The van der Waals surface area contributed by atoms with Gasteiger partial charge in [0.05, 0.1) is 0 Å². The fraction of sp³-hybridized carbons (Fsp3) is 0.778. The molecule has 0 aliphatic rings. The first-order chi connectivity index (χ1) is 6.33. The number of nitrogens with zero attached hydrogens (tertiary/aromatic N) is 1. The van der Waals surface area contributed by atoms with Crippen molar-refractivity contribution in [3.8, 4) is 0 Å². The molecule has 4 heteroatoms. The Labute approximate surface area is 77.3 Å². The van der Waals surface area contributed by atoms with E-state index in [0.717, 1.165) is 12.8 Å². The van der Waals surface area contributed by atoms with Gasteiger partial charge in [-0.15, -0.1) is 0 Å². The maximum Gasteiger partial charge on any atom is 0.438 e. The van der Waals surface area contributed by atoms with Crippen LogP contribution in [0.25, 0.3) is 0 Å². The molecule has 1 aromatic heterocycles. The second-order valence-electron chi connectivity index (χ2n) is 3.21. The van der Waals surface area contributed by atoms with Crippen molar-refractivity contribution >= 4 is 0 Å². The largest absolute Gasteiger partial charge is 0.438 e. The van der Waals surface area contributed by atoms with Crippen molar-refractivity contribution in [1.29, 1.82) is 0 Å². The van der Waals surface area contributed by atoms with Gasteiger partial charge in [0.2, 0.25) is 0 Å². The molecule has 0 aromatic carbocycles. The Morgan fingerprint density at radius 1 is 1.31 bits per heavy atom. The third-order valence-corrected chi connectivity index (χ3v) is 2.00. The minimum atomic E-state index is -0.455. The average Bonchev–Trinajstić information content (AvgIpc) is 2.51. The minimum Gasteiger partial charge on any atom is -0.296 e. The fourth-order valence-corrected chi connectivity index (χ4v) is 1.26. The van der Waals surface area contributed by atoms with Crippen molar-refractivity contribution in [2.24, 2.45) is 0 Å². The number of nitrogens with one attached hydrogen (secondary N) is 1. The van der Waals surface area contributed by atoms with Gasteiger partial charge in [0.15, 0.2) is 5.82 Å². The smallest absolute Gasteiger partial charge is 0.296 e. The summed E-state index contributed by atoms with van der Waals surface area (Å²) in [5.41, 5.74) is 0. The van der Waals surface area contributed by atoms with E-state index < -0.39 is 5.76 Å². The number of rotatable bonds is 6. The van der Waals surface area contributed by atoms with Crippen LogP contribution in [0.15, 0.2) is 9.32 Å². The van der Waals surface area contributed by atoms with Crippen molar-refractivity contribution in [2.45, 2.75) is 45.4 Å². The number of hydrogen-bond acceptors (Lipinski definition) is 3. The normalized spacial score (nSPS) is 10.5. The second-order valence-corrected chi connectivity index (χ2v) is 3.21. The predicted octanol–water partition coefficient (Wildman–Crippen LogP) is 1.88. The summed E-state index contributed by atoms with van der Waals surface area (Å²) in [5.74, 6) is 0.213. The number of unbranched alkanes of at least 4 members (excludes halogenated alkanes) is 4. The second kappa shape index (κ2) is 5.56. The van der Waals surface area contributed by atoms with Crippen molar-refractivity contribution in [3.05, 3.63) is 16.4 Å². The third-order valence-electron chi connectivity index (χ3n) is 2.00. The molecule has 0 bridgehead atoms. The lowest BCUT2D eigenvalue weighted by Crippen LogP contribution is -1.97. The molecule has 1 aromatic rings. The topological polar surface area (TPSA) is 58.9 Å². The Morgan fingerprint density at radius 2 is 2.08 bits per heavy atom. The first-order valence-corrected chi connectivity index (χ1v) is 4.88. The zero-order valence-electron chi connectivity index (χ0n) is 8.01. The molecule has 0 fully saturated rings. The average molecular weight is 184 g/mol. The standard InChI is InChI=1S/C9H16N2O2/c1-2-3-4-5-6-7-8-10-9(12)13-11-8/h2-7H2,1H3,(H,10,11,12). The first-order valence-electron chi connectivity index (χ1n) is 4.88. The quantitative estimate of drug-likeness (QED) is 0.686. The maximum atomic E-state index is 10.5. The molecule has 0 unspecified atom stereocenters. The molecule has 0 aliphatic carbocycles. The van der Waals surface area contributed by atoms with E-state index in [2.05, 4.69) is 21.6 Å². The summed E-state index contributed by atoms with van der Waals surface area (Å²) in [6, 6.07) is 0. The van der Waals surface area contributed by atoms with Crippen LogP contribution in [0.2, 0.25) is 0 Å². The summed E-state index contributed by atoms with van der Waals surface area (Å²) in [6.45, 7) is 2.19. The van der Waals surface area contributed by atoms with Gasteiger partial charge in [-0.1, -0.05) is 37.8 Å². The van der Waals surface area contributed by atoms with E-state index in [1.54, 1.807) is 0 Å². The van der Waals surface area contributed by atoms with Gasteiger partial charge in [-0.3, -0.25) is 9.51 Å². The molecule has 4 nitrogen and oxygen atoms in total. The van der Waals surface area contributed by atoms with Crippen molar-refractivity contribution in [3.63, 3.8) is 0 Å². The summed E-state index contributed by atoms with van der Waals surface area (Å²) in [5, 5.41) is 3.59. The molecule has 0 aliphatic heterocycles. The number of aromatic amines is 1. The van der Waals surface area contributed by atoms with Crippen molar-refractivity contribution in [2.75, 3.05) is 0 Å². The van der Waals surface area contributed by atoms with Crippen LogP contribution in [0.5, 0.6) is 0 Å². The van der Waals surface area contributed by atoms with Gasteiger partial charge in [0.25, 0.3) is 0 Å². The molecule has 0 saturated carbocycles. The van der Waals surface area contributed by atoms with Gasteiger partial charge in [-0.05, 0) is 6.42 Å². The molecule has 0 radical (unpaired) electrons. The third kappa shape index (κ3) is 3.92. The summed E-state index contributed by atoms with van der Waals surface area (Å²) in [4.78, 5) is 13.1. The van der Waals surface area contributed by atoms with E-state index in [1.165, 1.54) is 25.7 Å². The van der Waals surface area contributed by atoms with E-state index in [1.807, 2.05) is 0 Å². The molecular formula is C9H16N2O2. The lowest BCUT2D eigenvalue weighted by atomic mass is 10.1. The highest BCUT2D eigenvalue weighted by molar-refractivity contribution is 4.77. The van der Waals surface area contributed by atoms with Crippen LogP contribution < -0.4 is 5.76 Å². The zero-order chi connectivity index (χ0) is 9.52. The van der Waals surface area contributed by atoms with Gasteiger partial charge in [-0.2, -0.15) is 0 Å². The highest BCUT2D eigenvalue weighted by Crippen LogP contribution is 2.04. The summed E-state index contributed by atoms with van der Waals surface area (Å²) >= 11 is 0. The van der Waals surface area contributed by atoms with E-state index in [4.69, 9.17) is 0 Å². The van der Waals surface area contributed by atoms with E-state index in [0.29, 0.717) is 5.82 Å². The molecule has 13 heavy (non-hydrogen) atoms. The Bertz CT molecular complexity index is 277. The molecule has 74 valence electrons. The van der Waals surface area contributed by atoms with Crippen LogP contribution >= 0.6 is 0 Å². The van der Waals surface area contributed by atoms with Gasteiger partial charge < -0.3 is 0 Å². The SMILES string of the molecule is CCCCCCCc1noc(=O)[nH]1. The Balaban J connectivity index is 2.09. The lowest BCUT2D eigenvalue weighted by molar-refractivity contribution is 0.380. The van der Waals surface area contributed by atoms with E-state index in [-0.39, 0.29) is 0 Å². The van der Waals surface area contributed by atoms with Crippen LogP contribution in [0, 0.1) is 0 Å². The number of hydrogen-bond donors (Lipinski definition) is 1. The Morgan fingerprint density at radius 3 is 2.69 bits per heavy atom. The highest BCUT2D eigenvalue weighted by Gasteiger charge is 1.98. The molecule has 0 saturated heterocycles. The van der Waals surface area contributed by atoms with Crippen LogP contribution in [0.4, 0.5) is 0 Å². The van der Waals surface area contributed by atoms with Crippen LogP contribution in [-0.4, -0.2) is 10.1 Å². The molecule has 0 amide bonds. The minimum absolute atomic E-state index is 0.455. The van der Waals surface area contributed by atoms with Gasteiger partial charge in [-0.25, -0.2) is 4.79 Å². The number of aromatic nitrogens is 2. The Kier molecular flexibility index (Phi) is 4.29. The predicted molar refractivity (Wildman–Crippen MR) is 49.6 cm³/mol. The van der Waals surface area contributed by atoms with Crippen LogP contribution in [-0.2, 0) is 6.42 Å². The number of aryl methyl sites for hydroxylation is 1. The summed E-state index contributed by atoms with van der Waals surface area (Å²) in [7, 11) is 0. The van der Waals surface area contributed by atoms with Gasteiger partial charge in [0, 0.05) is 6.42 Å². The fourth-order valence-electron chi connectivity index (χ4n) is 1.26. The van der Waals surface area contributed by atoms with Crippen molar-refractivity contribution in [1.82, 2.24) is 10.1 Å². The molecular weight excluding hydrogens is 168 g/mol. The Hall–Kier alpha value is -1.06. The highest BCUT2D eigenvalue weighted by atomic mass is 16.5. The molecule has 1 N–H and O–H groups in total. The summed E-state index contributed by atoms with van der Waals surface area (Å²) in [6.07, 6.45) is 6.88. The first kappa shape index (κ1) is 10.0. The van der Waals surface area contributed by atoms with Crippen LogP contribution in [0.3, 0.4) is 0 Å². The molecule has 1 heterocycles. The maximum absolute atomic E-state index is 10.5. The molecule has 0 spiro atoms. The molecule has 0 atom stereocenters. The molecule has 1 rings (SSSR count). The zero-order valence-corrected chi connectivity index (χ0v) is 8.01. The number of H-pyrrole nitrogens is 1. The van der Waals surface area contributed by atoms with E-state index in [9.17, 15) is 4.79 Å². The van der Waals surface area contributed by atoms with Gasteiger partial charge in [0.1, 0.15) is 0 Å². The lowest BCUT2D eigenvalue weighted by Gasteiger charge is -1.96. The summed E-state index contributed by atoms with van der Waals surface area (Å²) < 4.78 is 4.38. The van der Waals surface area contributed by atoms with Crippen LogP contribution in [0.1, 0.15) is 44.9 Å². The monoisotopic (exact) mass is 184 g/mol. The van der Waals surface area contributed by atoms with Gasteiger partial charge >= 0.3 is 5.76 Å².